The number of benzene rings is 2. The fourth-order valence-corrected chi connectivity index (χ4v) is 3.52. The minimum atomic E-state index is -0.274. The van der Waals surface area contributed by atoms with Crippen LogP contribution in [0.5, 0.6) is 0 Å². The zero-order valence-corrected chi connectivity index (χ0v) is 16.5. The standard InChI is InChI=1S/C22H25N3O3/c1-4-24(5-2)22(28)18-8-6-7-9-19(18)23-21(27)17-10-11-20-16(14-17)12-13-25(20)15(3)26/h6-11,14H,4-5,12-13H2,1-3H3,(H,23,27). The highest BCUT2D eigenvalue weighted by Gasteiger charge is 2.24. The van der Waals surface area contributed by atoms with E-state index in [0.717, 1.165) is 17.7 Å². The number of amides is 3. The van der Waals surface area contributed by atoms with E-state index in [-0.39, 0.29) is 17.7 Å². The van der Waals surface area contributed by atoms with Gasteiger partial charge in [0.15, 0.2) is 0 Å². The molecule has 1 heterocycles. The molecule has 6 heteroatoms. The zero-order valence-electron chi connectivity index (χ0n) is 16.5. The molecule has 0 bridgehead atoms. The number of para-hydroxylation sites is 1. The zero-order chi connectivity index (χ0) is 20.3. The van der Waals surface area contributed by atoms with Crippen LogP contribution in [0, 0.1) is 0 Å². The number of carbonyl (C=O) groups excluding carboxylic acids is 3. The molecule has 6 nitrogen and oxygen atoms in total. The van der Waals surface area contributed by atoms with Crippen LogP contribution in [0.1, 0.15) is 47.1 Å². The molecular weight excluding hydrogens is 354 g/mol. The Balaban J connectivity index is 1.83. The van der Waals surface area contributed by atoms with E-state index in [1.54, 1.807) is 47.1 Å². The van der Waals surface area contributed by atoms with Crippen molar-refractivity contribution in [3.63, 3.8) is 0 Å². The highest BCUT2D eigenvalue weighted by molar-refractivity contribution is 6.09. The van der Waals surface area contributed by atoms with Crippen LogP contribution in [-0.2, 0) is 11.2 Å². The van der Waals surface area contributed by atoms with Crippen LogP contribution in [0.2, 0.25) is 0 Å². The first kappa shape index (κ1) is 19.6. The Bertz CT molecular complexity index is 919. The lowest BCUT2D eigenvalue weighted by Gasteiger charge is -2.20. The van der Waals surface area contributed by atoms with Gasteiger partial charge in [-0.05, 0) is 56.2 Å². The lowest BCUT2D eigenvalue weighted by atomic mass is 10.1. The summed E-state index contributed by atoms with van der Waals surface area (Å²) < 4.78 is 0. The topological polar surface area (TPSA) is 69.7 Å². The van der Waals surface area contributed by atoms with E-state index in [9.17, 15) is 14.4 Å². The van der Waals surface area contributed by atoms with Crippen molar-refractivity contribution in [1.82, 2.24) is 4.90 Å². The molecule has 1 N–H and O–H groups in total. The first-order chi connectivity index (χ1) is 13.5. The van der Waals surface area contributed by atoms with Gasteiger partial charge in [0.05, 0.1) is 11.3 Å². The van der Waals surface area contributed by atoms with Crippen molar-refractivity contribution in [1.29, 1.82) is 0 Å². The van der Waals surface area contributed by atoms with Crippen molar-refractivity contribution >= 4 is 29.1 Å². The summed E-state index contributed by atoms with van der Waals surface area (Å²) in [6.45, 7) is 7.25. The van der Waals surface area contributed by atoms with Gasteiger partial charge < -0.3 is 15.1 Å². The highest BCUT2D eigenvalue weighted by Crippen LogP contribution is 2.29. The van der Waals surface area contributed by atoms with Gasteiger partial charge in [0.1, 0.15) is 0 Å². The molecule has 0 aliphatic carbocycles. The Morgan fingerprint density at radius 1 is 1.07 bits per heavy atom. The first-order valence-corrected chi connectivity index (χ1v) is 9.57. The van der Waals surface area contributed by atoms with Gasteiger partial charge in [-0.3, -0.25) is 14.4 Å². The molecule has 0 fully saturated rings. The van der Waals surface area contributed by atoms with Crippen molar-refractivity contribution in [3.05, 3.63) is 59.2 Å². The number of rotatable bonds is 5. The van der Waals surface area contributed by atoms with E-state index in [1.807, 2.05) is 26.0 Å². The summed E-state index contributed by atoms with van der Waals surface area (Å²) in [6.07, 6.45) is 0.729. The fourth-order valence-electron chi connectivity index (χ4n) is 3.52. The fraction of sp³-hybridized carbons (Fsp3) is 0.318. The molecule has 2 aromatic carbocycles. The molecule has 146 valence electrons. The molecule has 1 aliphatic heterocycles. The maximum Gasteiger partial charge on any atom is 0.255 e. The quantitative estimate of drug-likeness (QED) is 0.866. The van der Waals surface area contributed by atoms with Gasteiger partial charge in [-0.15, -0.1) is 0 Å². The number of anilines is 2. The van der Waals surface area contributed by atoms with Crippen LogP contribution >= 0.6 is 0 Å². The van der Waals surface area contributed by atoms with E-state index in [2.05, 4.69) is 5.32 Å². The van der Waals surface area contributed by atoms with Crippen LogP contribution < -0.4 is 10.2 Å². The Labute approximate surface area is 165 Å². The molecule has 0 aromatic heterocycles. The van der Waals surface area contributed by atoms with E-state index in [0.29, 0.717) is 36.4 Å². The Hall–Kier alpha value is -3.15. The van der Waals surface area contributed by atoms with Gasteiger partial charge in [0, 0.05) is 37.8 Å². The summed E-state index contributed by atoms with van der Waals surface area (Å²) in [7, 11) is 0. The number of carbonyl (C=O) groups is 3. The molecule has 0 radical (unpaired) electrons. The van der Waals surface area contributed by atoms with Gasteiger partial charge in [-0.2, -0.15) is 0 Å². The van der Waals surface area contributed by atoms with Crippen LogP contribution in [0.3, 0.4) is 0 Å². The average molecular weight is 379 g/mol. The summed E-state index contributed by atoms with van der Waals surface area (Å²) in [5.74, 6) is -0.379. The Kier molecular flexibility index (Phi) is 5.78. The van der Waals surface area contributed by atoms with Crippen molar-refractivity contribution in [2.45, 2.75) is 27.2 Å². The molecule has 28 heavy (non-hydrogen) atoms. The monoisotopic (exact) mass is 379 g/mol. The van der Waals surface area contributed by atoms with Gasteiger partial charge in [-0.1, -0.05) is 12.1 Å². The molecule has 0 spiro atoms. The van der Waals surface area contributed by atoms with Crippen molar-refractivity contribution < 1.29 is 14.4 Å². The third-order valence-electron chi connectivity index (χ3n) is 5.07. The molecule has 0 saturated carbocycles. The molecule has 3 amide bonds. The van der Waals surface area contributed by atoms with Crippen molar-refractivity contribution in [2.24, 2.45) is 0 Å². The average Bonchev–Trinajstić information content (AvgIpc) is 3.12. The predicted molar refractivity (Wildman–Crippen MR) is 110 cm³/mol. The summed E-state index contributed by atoms with van der Waals surface area (Å²) in [6, 6.07) is 12.4. The number of nitrogens with one attached hydrogen (secondary N) is 1. The lowest BCUT2D eigenvalue weighted by Crippen LogP contribution is -2.31. The SMILES string of the molecule is CCN(CC)C(=O)c1ccccc1NC(=O)c1ccc2c(c1)CCN2C(C)=O. The van der Waals surface area contributed by atoms with Gasteiger partial charge in [-0.25, -0.2) is 0 Å². The summed E-state index contributed by atoms with van der Waals surface area (Å²) in [5.41, 5.74) is 3.32. The Morgan fingerprint density at radius 2 is 1.79 bits per heavy atom. The summed E-state index contributed by atoms with van der Waals surface area (Å²) in [4.78, 5) is 40.7. The number of nitrogens with zero attached hydrogens (tertiary/aromatic N) is 2. The molecule has 3 rings (SSSR count). The smallest absolute Gasteiger partial charge is 0.255 e. The van der Waals surface area contributed by atoms with E-state index >= 15 is 0 Å². The molecule has 2 aromatic rings. The second-order valence-corrected chi connectivity index (χ2v) is 6.74. The van der Waals surface area contributed by atoms with Crippen molar-refractivity contribution in [2.75, 3.05) is 29.9 Å². The van der Waals surface area contributed by atoms with E-state index < -0.39 is 0 Å². The molecule has 0 atom stereocenters. The number of hydrogen-bond acceptors (Lipinski definition) is 3. The normalized spacial score (nSPS) is 12.5. The molecular formula is C22H25N3O3. The van der Waals surface area contributed by atoms with Crippen LogP contribution in [0.15, 0.2) is 42.5 Å². The van der Waals surface area contributed by atoms with Crippen LogP contribution in [0.4, 0.5) is 11.4 Å². The van der Waals surface area contributed by atoms with E-state index in [1.165, 1.54) is 0 Å². The van der Waals surface area contributed by atoms with Crippen LogP contribution in [0.25, 0.3) is 0 Å². The minimum absolute atomic E-state index is 0.000191. The van der Waals surface area contributed by atoms with Gasteiger partial charge >= 0.3 is 0 Å². The lowest BCUT2D eigenvalue weighted by molar-refractivity contribution is -0.116. The molecule has 0 unspecified atom stereocenters. The molecule has 0 saturated heterocycles. The summed E-state index contributed by atoms with van der Waals surface area (Å²) >= 11 is 0. The largest absolute Gasteiger partial charge is 0.339 e. The van der Waals surface area contributed by atoms with Gasteiger partial charge in [0.25, 0.3) is 11.8 Å². The third kappa shape index (κ3) is 3.76. The maximum atomic E-state index is 12.8. The Morgan fingerprint density at radius 3 is 2.46 bits per heavy atom. The molecule has 1 aliphatic rings. The maximum absolute atomic E-state index is 12.8. The number of fused-ring (bicyclic) bond motifs is 1. The van der Waals surface area contributed by atoms with Crippen molar-refractivity contribution in [3.8, 4) is 0 Å². The minimum Gasteiger partial charge on any atom is -0.339 e. The van der Waals surface area contributed by atoms with Gasteiger partial charge in [0.2, 0.25) is 5.91 Å². The second kappa shape index (κ2) is 8.25. The predicted octanol–water partition coefficient (Wildman–Crippen LogP) is 3.33. The highest BCUT2D eigenvalue weighted by atomic mass is 16.2. The van der Waals surface area contributed by atoms with Crippen LogP contribution in [-0.4, -0.2) is 42.3 Å². The summed E-state index contributed by atoms with van der Waals surface area (Å²) in [5, 5.41) is 2.87. The van der Waals surface area contributed by atoms with E-state index in [4.69, 9.17) is 0 Å². The third-order valence-corrected chi connectivity index (χ3v) is 5.07. The second-order valence-electron chi connectivity index (χ2n) is 6.74. The first-order valence-electron chi connectivity index (χ1n) is 9.57. The number of hydrogen-bond donors (Lipinski definition) is 1.